The second-order valence-corrected chi connectivity index (χ2v) is 2.17. The van der Waals surface area contributed by atoms with Crippen LogP contribution in [-0.4, -0.2) is 37.1 Å². The Kier molecular flexibility index (Phi) is 5.88. The van der Waals surface area contributed by atoms with Gasteiger partial charge in [-0.2, -0.15) is 0 Å². The number of halogens is 1. The van der Waals surface area contributed by atoms with E-state index < -0.39 is 17.5 Å². The summed E-state index contributed by atoms with van der Waals surface area (Å²) in [6, 6.07) is 0. The van der Waals surface area contributed by atoms with Crippen LogP contribution in [-0.2, 0) is 19.2 Å². The van der Waals surface area contributed by atoms with Gasteiger partial charge in [-0.05, 0) is 6.92 Å². The molecule has 0 rings (SSSR count). The molecule has 0 bridgehead atoms. The maximum atomic E-state index is 11.0. The highest BCUT2D eigenvalue weighted by Crippen LogP contribution is 1.91. The van der Waals surface area contributed by atoms with Gasteiger partial charge in [0.25, 0.3) is 0 Å². The number of carbonyl (C=O) groups is 2. The SMILES string of the molecule is CCOC(=O)/C(=N/OC)C(=O)CCl. The average molecular weight is 208 g/mol. The number of hydrogen-bond acceptors (Lipinski definition) is 5. The van der Waals surface area contributed by atoms with Gasteiger partial charge >= 0.3 is 5.97 Å². The lowest BCUT2D eigenvalue weighted by atomic mass is 10.3. The average Bonchev–Trinajstić information content (AvgIpc) is 2.13. The molecule has 0 saturated carbocycles. The zero-order valence-electron chi connectivity index (χ0n) is 7.37. The Hall–Kier alpha value is -1.10. The van der Waals surface area contributed by atoms with Crippen LogP contribution in [0.4, 0.5) is 0 Å². The molecule has 74 valence electrons. The molecule has 0 N–H and O–H groups in total. The van der Waals surface area contributed by atoms with Crippen LogP contribution >= 0.6 is 11.6 Å². The first kappa shape index (κ1) is 11.9. The van der Waals surface area contributed by atoms with Gasteiger partial charge in [0, 0.05) is 0 Å². The molecule has 5 nitrogen and oxygen atoms in total. The Morgan fingerprint density at radius 2 is 2.08 bits per heavy atom. The number of carbonyl (C=O) groups excluding carboxylic acids is 2. The van der Waals surface area contributed by atoms with Crippen molar-refractivity contribution in [2.45, 2.75) is 6.92 Å². The molecule has 0 unspecified atom stereocenters. The fourth-order valence-corrected chi connectivity index (χ4v) is 0.683. The van der Waals surface area contributed by atoms with E-state index in [0.29, 0.717) is 0 Å². The second-order valence-electron chi connectivity index (χ2n) is 1.90. The van der Waals surface area contributed by atoms with Crippen molar-refractivity contribution in [1.29, 1.82) is 0 Å². The van der Waals surface area contributed by atoms with E-state index in [2.05, 4.69) is 14.7 Å². The van der Waals surface area contributed by atoms with Crippen molar-refractivity contribution >= 4 is 29.1 Å². The standard InChI is InChI=1S/C7H10ClNO4/c1-3-13-7(11)6(9-12-2)5(10)4-8/h3-4H2,1-2H3/b9-6+. The van der Waals surface area contributed by atoms with E-state index in [0.717, 1.165) is 0 Å². The number of esters is 1. The normalized spacial score (nSPS) is 10.8. The Balaban J connectivity index is 4.52. The van der Waals surface area contributed by atoms with Gasteiger partial charge in [0.05, 0.1) is 12.5 Å². The summed E-state index contributed by atoms with van der Waals surface area (Å²) in [7, 11) is 1.22. The lowest BCUT2D eigenvalue weighted by Gasteiger charge is -2.01. The van der Waals surface area contributed by atoms with Gasteiger partial charge in [-0.3, -0.25) is 4.79 Å². The number of oxime groups is 1. The summed E-state index contributed by atoms with van der Waals surface area (Å²) in [5.74, 6) is -1.78. The molecular formula is C7H10ClNO4. The van der Waals surface area contributed by atoms with Crippen molar-refractivity contribution in [3.63, 3.8) is 0 Å². The largest absolute Gasteiger partial charge is 0.461 e. The number of rotatable bonds is 5. The minimum atomic E-state index is -0.824. The number of hydrogen-bond donors (Lipinski definition) is 0. The molecule has 0 saturated heterocycles. The highest BCUT2D eigenvalue weighted by atomic mass is 35.5. The molecule has 6 heteroatoms. The van der Waals surface area contributed by atoms with Crippen molar-refractivity contribution in [2.24, 2.45) is 5.16 Å². The van der Waals surface area contributed by atoms with Crippen LogP contribution in [0, 0.1) is 0 Å². The van der Waals surface area contributed by atoms with E-state index in [-0.39, 0.29) is 12.5 Å². The third-order valence-corrected chi connectivity index (χ3v) is 1.28. The van der Waals surface area contributed by atoms with E-state index >= 15 is 0 Å². The molecular weight excluding hydrogens is 198 g/mol. The maximum Gasteiger partial charge on any atom is 0.364 e. The van der Waals surface area contributed by atoms with E-state index in [1.54, 1.807) is 6.92 Å². The van der Waals surface area contributed by atoms with Crippen molar-refractivity contribution < 1.29 is 19.2 Å². The summed E-state index contributed by atoms with van der Waals surface area (Å²) in [4.78, 5) is 26.3. The van der Waals surface area contributed by atoms with Gasteiger partial charge in [0.2, 0.25) is 11.5 Å². The number of ketones is 1. The molecule has 0 aromatic heterocycles. The Bertz CT molecular complexity index is 227. The molecule has 0 fully saturated rings. The molecule has 0 heterocycles. The first-order chi connectivity index (χ1) is 6.17. The molecule has 0 radical (unpaired) electrons. The predicted octanol–water partition coefficient (Wildman–Crippen LogP) is 0.360. The first-order valence-electron chi connectivity index (χ1n) is 3.54. The summed E-state index contributed by atoms with van der Waals surface area (Å²) in [6.45, 7) is 1.78. The lowest BCUT2D eigenvalue weighted by Crippen LogP contribution is -2.27. The van der Waals surface area contributed by atoms with Crippen LogP contribution in [0.1, 0.15) is 6.92 Å². The first-order valence-corrected chi connectivity index (χ1v) is 4.08. The van der Waals surface area contributed by atoms with Crippen molar-refractivity contribution in [1.82, 2.24) is 0 Å². The van der Waals surface area contributed by atoms with Crippen LogP contribution < -0.4 is 0 Å². The molecule has 0 aliphatic heterocycles. The molecule has 0 aromatic rings. The van der Waals surface area contributed by atoms with Crippen molar-refractivity contribution in [2.75, 3.05) is 19.6 Å². The fourth-order valence-electron chi connectivity index (χ4n) is 0.556. The summed E-state index contributed by atoms with van der Waals surface area (Å²) >= 11 is 5.23. The van der Waals surface area contributed by atoms with Crippen molar-refractivity contribution in [3.05, 3.63) is 0 Å². The molecule has 0 aliphatic rings. The molecule has 0 atom stereocenters. The Morgan fingerprint density at radius 1 is 1.46 bits per heavy atom. The van der Waals surface area contributed by atoms with E-state index in [1.165, 1.54) is 7.11 Å². The monoisotopic (exact) mass is 207 g/mol. The topological polar surface area (TPSA) is 65.0 Å². The van der Waals surface area contributed by atoms with Crippen LogP contribution in [0.25, 0.3) is 0 Å². The third kappa shape index (κ3) is 3.89. The summed E-state index contributed by atoms with van der Waals surface area (Å²) < 4.78 is 4.55. The van der Waals surface area contributed by atoms with Crippen LogP contribution in [0.2, 0.25) is 0 Å². The van der Waals surface area contributed by atoms with Gasteiger partial charge in [0.1, 0.15) is 7.11 Å². The van der Waals surface area contributed by atoms with Crippen LogP contribution in [0.3, 0.4) is 0 Å². The molecule has 13 heavy (non-hydrogen) atoms. The number of Topliss-reactive ketones (excluding diaryl/α,β-unsaturated/α-hetero) is 1. The van der Waals surface area contributed by atoms with Gasteiger partial charge in [-0.1, -0.05) is 5.16 Å². The van der Waals surface area contributed by atoms with E-state index in [1.807, 2.05) is 0 Å². The van der Waals surface area contributed by atoms with Gasteiger partial charge in [0.15, 0.2) is 0 Å². The lowest BCUT2D eigenvalue weighted by molar-refractivity contribution is -0.135. The zero-order valence-corrected chi connectivity index (χ0v) is 8.13. The minimum Gasteiger partial charge on any atom is -0.461 e. The molecule has 0 aliphatic carbocycles. The fraction of sp³-hybridized carbons (Fsp3) is 0.571. The highest BCUT2D eigenvalue weighted by Gasteiger charge is 2.21. The Morgan fingerprint density at radius 3 is 2.46 bits per heavy atom. The minimum absolute atomic E-state index is 0.164. The van der Waals surface area contributed by atoms with Crippen LogP contribution in [0.15, 0.2) is 5.16 Å². The predicted molar refractivity (Wildman–Crippen MR) is 46.8 cm³/mol. The number of ether oxygens (including phenoxy) is 1. The quantitative estimate of drug-likeness (QED) is 0.215. The smallest absolute Gasteiger partial charge is 0.364 e. The maximum absolute atomic E-state index is 11.0. The number of nitrogens with zero attached hydrogens (tertiary/aromatic N) is 1. The van der Waals surface area contributed by atoms with Gasteiger partial charge in [-0.25, -0.2) is 4.79 Å². The van der Waals surface area contributed by atoms with E-state index in [9.17, 15) is 9.59 Å². The summed E-state index contributed by atoms with van der Waals surface area (Å²) in [5, 5.41) is 3.22. The Labute approximate surface area is 80.6 Å². The summed E-state index contributed by atoms with van der Waals surface area (Å²) in [5.41, 5.74) is -0.417. The molecule has 0 spiro atoms. The summed E-state index contributed by atoms with van der Waals surface area (Å²) in [6.07, 6.45) is 0. The van der Waals surface area contributed by atoms with E-state index in [4.69, 9.17) is 11.6 Å². The molecule has 0 aromatic carbocycles. The highest BCUT2D eigenvalue weighted by molar-refractivity contribution is 6.67. The third-order valence-electron chi connectivity index (χ3n) is 1.04. The molecule has 0 amide bonds. The van der Waals surface area contributed by atoms with Crippen molar-refractivity contribution in [3.8, 4) is 0 Å². The van der Waals surface area contributed by atoms with Gasteiger partial charge < -0.3 is 9.57 Å². The van der Waals surface area contributed by atoms with Gasteiger partial charge in [-0.15, -0.1) is 11.6 Å². The zero-order chi connectivity index (χ0) is 10.3. The number of alkyl halides is 1. The second kappa shape index (κ2) is 6.42. The van der Waals surface area contributed by atoms with Crippen LogP contribution in [0.5, 0.6) is 0 Å².